The first kappa shape index (κ1) is 17.5. The molecule has 2 heterocycles. The van der Waals surface area contributed by atoms with E-state index < -0.39 is 0 Å². The topological polar surface area (TPSA) is 50.2 Å². The van der Waals surface area contributed by atoms with Gasteiger partial charge in [0, 0.05) is 24.5 Å². The predicted molar refractivity (Wildman–Crippen MR) is 106 cm³/mol. The van der Waals surface area contributed by atoms with Crippen LogP contribution in [-0.2, 0) is 0 Å². The Morgan fingerprint density at radius 2 is 1.74 bits per heavy atom. The highest BCUT2D eigenvalue weighted by Gasteiger charge is 2.23. The van der Waals surface area contributed by atoms with E-state index in [-0.39, 0.29) is 11.9 Å². The standard InChI is InChI=1S/C22H24N4O/c27-22(19-9-11-20(12-10-19)26-16-6-13-24-26)23-17-21(25-14-4-5-15-25)18-7-2-1-3-8-18/h1-3,6-13,16,21H,4-5,14-15,17H2,(H,23,27). The number of benzene rings is 2. The molecule has 4 rings (SSSR count). The third kappa shape index (κ3) is 4.09. The molecule has 138 valence electrons. The molecule has 1 aliphatic heterocycles. The Bertz CT molecular complexity index is 853. The minimum atomic E-state index is -0.0397. The number of nitrogens with one attached hydrogen (secondary N) is 1. The second-order valence-corrected chi connectivity index (χ2v) is 6.88. The molecule has 1 saturated heterocycles. The summed E-state index contributed by atoms with van der Waals surface area (Å²) in [7, 11) is 0. The van der Waals surface area contributed by atoms with Crippen molar-refractivity contribution in [2.75, 3.05) is 19.6 Å². The van der Waals surface area contributed by atoms with E-state index in [1.807, 2.05) is 42.6 Å². The van der Waals surface area contributed by atoms with Crippen LogP contribution >= 0.6 is 0 Å². The molecule has 0 spiro atoms. The first-order valence-corrected chi connectivity index (χ1v) is 9.48. The number of rotatable bonds is 6. The maximum atomic E-state index is 12.6. The van der Waals surface area contributed by atoms with Crippen molar-refractivity contribution < 1.29 is 4.79 Å². The van der Waals surface area contributed by atoms with Gasteiger partial charge in [0.2, 0.25) is 0 Å². The van der Waals surface area contributed by atoms with Crippen LogP contribution in [0.3, 0.4) is 0 Å². The number of carbonyl (C=O) groups is 1. The van der Waals surface area contributed by atoms with Gasteiger partial charge in [-0.25, -0.2) is 4.68 Å². The Morgan fingerprint density at radius 1 is 1.00 bits per heavy atom. The number of hydrogen-bond acceptors (Lipinski definition) is 3. The van der Waals surface area contributed by atoms with E-state index in [2.05, 4.69) is 39.6 Å². The summed E-state index contributed by atoms with van der Waals surface area (Å²) < 4.78 is 1.78. The summed E-state index contributed by atoms with van der Waals surface area (Å²) in [5.74, 6) is -0.0397. The van der Waals surface area contributed by atoms with E-state index in [9.17, 15) is 4.79 Å². The molecule has 0 bridgehead atoms. The van der Waals surface area contributed by atoms with Crippen LogP contribution in [-0.4, -0.2) is 40.2 Å². The van der Waals surface area contributed by atoms with Gasteiger partial charge < -0.3 is 5.32 Å². The van der Waals surface area contributed by atoms with E-state index in [1.54, 1.807) is 10.9 Å². The highest BCUT2D eigenvalue weighted by Crippen LogP contribution is 2.24. The maximum Gasteiger partial charge on any atom is 0.251 e. The summed E-state index contributed by atoms with van der Waals surface area (Å²) in [4.78, 5) is 15.1. The van der Waals surface area contributed by atoms with Gasteiger partial charge >= 0.3 is 0 Å². The van der Waals surface area contributed by atoms with Crippen molar-refractivity contribution >= 4 is 5.91 Å². The number of nitrogens with zero attached hydrogens (tertiary/aromatic N) is 3. The Hall–Kier alpha value is -2.92. The molecule has 5 nitrogen and oxygen atoms in total. The lowest BCUT2D eigenvalue weighted by molar-refractivity contribution is 0.0938. The lowest BCUT2D eigenvalue weighted by Crippen LogP contribution is -2.36. The first-order valence-electron chi connectivity index (χ1n) is 9.48. The van der Waals surface area contributed by atoms with Crippen LogP contribution in [0.5, 0.6) is 0 Å². The summed E-state index contributed by atoms with van der Waals surface area (Å²) >= 11 is 0. The molecule has 1 unspecified atom stereocenters. The molecule has 2 aromatic carbocycles. The van der Waals surface area contributed by atoms with Gasteiger partial charge in [-0.3, -0.25) is 9.69 Å². The second kappa shape index (κ2) is 8.18. The average molecular weight is 360 g/mol. The predicted octanol–water partition coefficient (Wildman–Crippen LogP) is 3.44. The van der Waals surface area contributed by atoms with Gasteiger partial charge in [0.1, 0.15) is 0 Å². The lowest BCUT2D eigenvalue weighted by atomic mass is 10.1. The highest BCUT2D eigenvalue weighted by atomic mass is 16.1. The van der Waals surface area contributed by atoms with Crippen molar-refractivity contribution in [1.29, 1.82) is 0 Å². The molecule has 1 atom stereocenters. The van der Waals surface area contributed by atoms with Crippen LogP contribution in [0.15, 0.2) is 73.1 Å². The van der Waals surface area contributed by atoms with Crippen LogP contribution < -0.4 is 5.32 Å². The number of amides is 1. The molecule has 1 N–H and O–H groups in total. The number of likely N-dealkylation sites (tertiary alicyclic amines) is 1. The van der Waals surface area contributed by atoms with Crippen molar-refractivity contribution in [3.63, 3.8) is 0 Å². The number of hydrogen-bond donors (Lipinski definition) is 1. The number of aromatic nitrogens is 2. The van der Waals surface area contributed by atoms with Gasteiger partial charge in [-0.05, 0) is 61.8 Å². The van der Waals surface area contributed by atoms with Crippen LogP contribution in [0.1, 0.15) is 34.8 Å². The van der Waals surface area contributed by atoms with Gasteiger partial charge in [0.25, 0.3) is 5.91 Å². The van der Waals surface area contributed by atoms with Crippen molar-refractivity contribution in [2.45, 2.75) is 18.9 Å². The summed E-state index contributed by atoms with van der Waals surface area (Å²) in [6, 6.07) is 20.1. The minimum Gasteiger partial charge on any atom is -0.350 e. The Kier molecular flexibility index (Phi) is 5.30. The van der Waals surface area contributed by atoms with Crippen molar-refractivity contribution in [3.05, 3.63) is 84.2 Å². The third-order valence-corrected chi connectivity index (χ3v) is 5.12. The van der Waals surface area contributed by atoms with E-state index in [0.717, 1.165) is 18.8 Å². The minimum absolute atomic E-state index is 0.0397. The summed E-state index contributed by atoms with van der Waals surface area (Å²) in [5, 5.41) is 7.33. The zero-order valence-corrected chi connectivity index (χ0v) is 15.3. The van der Waals surface area contributed by atoms with E-state index in [4.69, 9.17) is 0 Å². The maximum absolute atomic E-state index is 12.6. The lowest BCUT2D eigenvalue weighted by Gasteiger charge is -2.28. The van der Waals surface area contributed by atoms with E-state index in [0.29, 0.717) is 12.1 Å². The Labute approximate surface area is 159 Å². The zero-order chi connectivity index (χ0) is 18.5. The van der Waals surface area contributed by atoms with Gasteiger partial charge in [0.15, 0.2) is 0 Å². The molecule has 1 aromatic heterocycles. The van der Waals surface area contributed by atoms with Crippen LogP contribution in [0.4, 0.5) is 0 Å². The molecule has 0 radical (unpaired) electrons. The Morgan fingerprint density at radius 3 is 2.41 bits per heavy atom. The fourth-order valence-corrected chi connectivity index (χ4v) is 3.66. The molecular weight excluding hydrogens is 336 g/mol. The Balaban J connectivity index is 1.43. The normalized spacial score (nSPS) is 15.6. The molecule has 1 aliphatic rings. The monoisotopic (exact) mass is 360 g/mol. The molecule has 0 saturated carbocycles. The summed E-state index contributed by atoms with van der Waals surface area (Å²) in [5.41, 5.74) is 2.86. The van der Waals surface area contributed by atoms with Crippen LogP contribution in [0.2, 0.25) is 0 Å². The summed E-state index contributed by atoms with van der Waals surface area (Å²) in [6.07, 6.45) is 6.08. The van der Waals surface area contributed by atoms with Crippen molar-refractivity contribution in [3.8, 4) is 5.69 Å². The SMILES string of the molecule is O=C(NCC(c1ccccc1)N1CCCC1)c1ccc(-n2cccn2)cc1. The molecular formula is C22H24N4O. The largest absolute Gasteiger partial charge is 0.350 e. The second-order valence-electron chi connectivity index (χ2n) is 6.88. The zero-order valence-electron chi connectivity index (χ0n) is 15.3. The summed E-state index contributed by atoms with van der Waals surface area (Å²) in [6.45, 7) is 2.80. The van der Waals surface area contributed by atoms with Gasteiger partial charge in [-0.2, -0.15) is 5.10 Å². The fraction of sp³-hybridized carbons (Fsp3) is 0.273. The van der Waals surface area contributed by atoms with Gasteiger partial charge in [-0.1, -0.05) is 30.3 Å². The van der Waals surface area contributed by atoms with Gasteiger partial charge in [-0.15, -0.1) is 0 Å². The van der Waals surface area contributed by atoms with Crippen molar-refractivity contribution in [1.82, 2.24) is 20.0 Å². The van der Waals surface area contributed by atoms with Gasteiger partial charge in [0.05, 0.1) is 11.7 Å². The molecule has 3 aromatic rings. The first-order chi connectivity index (χ1) is 13.3. The van der Waals surface area contributed by atoms with E-state index in [1.165, 1.54) is 18.4 Å². The molecule has 5 heteroatoms. The third-order valence-electron chi connectivity index (χ3n) is 5.12. The fourth-order valence-electron chi connectivity index (χ4n) is 3.66. The van der Waals surface area contributed by atoms with Crippen LogP contribution in [0.25, 0.3) is 5.69 Å². The smallest absolute Gasteiger partial charge is 0.251 e. The average Bonchev–Trinajstić information content (AvgIpc) is 3.43. The van der Waals surface area contributed by atoms with E-state index >= 15 is 0 Å². The highest BCUT2D eigenvalue weighted by molar-refractivity contribution is 5.94. The molecule has 27 heavy (non-hydrogen) atoms. The van der Waals surface area contributed by atoms with Crippen LogP contribution in [0, 0.1) is 0 Å². The van der Waals surface area contributed by atoms with Crippen molar-refractivity contribution in [2.24, 2.45) is 0 Å². The number of carbonyl (C=O) groups excluding carboxylic acids is 1. The molecule has 0 aliphatic carbocycles. The quantitative estimate of drug-likeness (QED) is 0.733. The molecule has 1 fully saturated rings. The molecule has 1 amide bonds.